The first-order valence-electron chi connectivity index (χ1n) is 10.2. The molecule has 1 atom stereocenters. The highest BCUT2D eigenvalue weighted by molar-refractivity contribution is 5.47. The summed E-state index contributed by atoms with van der Waals surface area (Å²) >= 11 is 0. The van der Waals surface area contributed by atoms with Gasteiger partial charge in [0.15, 0.2) is 0 Å². The summed E-state index contributed by atoms with van der Waals surface area (Å²) in [7, 11) is 0. The van der Waals surface area contributed by atoms with E-state index in [0.29, 0.717) is 0 Å². The predicted molar refractivity (Wildman–Crippen MR) is 118 cm³/mol. The smallest absolute Gasteiger partial charge is 0.0240 e. The third-order valence-electron chi connectivity index (χ3n) is 6.00. The number of rotatable bonds is 6. The van der Waals surface area contributed by atoms with E-state index in [2.05, 4.69) is 101 Å². The fraction of sp³-hybridized carbons (Fsp3) is 0.333. The molecule has 0 nitrogen and oxygen atoms in total. The first-order valence-corrected chi connectivity index (χ1v) is 10.2. The molecule has 0 aliphatic rings. The average molecular weight is 357 g/mol. The molecule has 0 heteroatoms. The summed E-state index contributed by atoms with van der Waals surface area (Å²) in [6, 6.07) is 25.1. The fourth-order valence-corrected chi connectivity index (χ4v) is 4.49. The SMILES string of the molecule is CCc1ccc(C(CC)(Cc2ccccc2)c2cc(C)cc(C)c2)cc1C. The van der Waals surface area contributed by atoms with Gasteiger partial charge in [0.25, 0.3) is 0 Å². The molecule has 0 fully saturated rings. The molecule has 0 heterocycles. The van der Waals surface area contributed by atoms with Gasteiger partial charge < -0.3 is 0 Å². The first kappa shape index (κ1) is 19.4. The van der Waals surface area contributed by atoms with E-state index in [9.17, 15) is 0 Å². The summed E-state index contributed by atoms with van der Waals surface area (Å²) in [6.07, 6.45) is 3.20. The third kappa shape index (κ3) is 4.00. The Bertz CT molecular complexity index is 884. The van der Waals surface area contributed by atoms with Crippen LogP contribution in [0.5, 0.6) is 0 Å². The van der Waals surface area contributed by atoms with Crippen molar-refractivity contribution in [1.82, 2.24) is 0 Å². The lowest BCUT2D eigenvalue weighted by Gasteiger charge is -2.36. The Kier molecular flexibility index (Phi) is 5.85. The Morgan fingerprint density at radius 2 is 1.37 bits per heavy atom. The minimum atomic E-state index is -0.00480. The highest BCUT2D eigenvalue weighted by Crippen LogP contribution is 2.40. The normalized spacial score (nSPS) is 13.4. The van der Waals surface area contributed by atoms with Crippen molar-refractivity contribution in [3.63, 3.8) is 0 Å². The molecule has 3 aromatic rings. The van der Waals surface area contributed by atoms with Crippen molar-refractivity contribution < 1.29 is 0 Å². The summed E-state index contributed by atoms with van der Waals surface area (Å²) in [5.41, 5.74) is 9.82. The Morgan fingerprint density at radius 3 is 1.93 bits per heavy atom. The Hall–Kier alpha value is -2.34. The van der Waals surface area contributed by atoms with Crippen LogP contribution in [0.15, 0.2) is 66.7 Å². The second-order valence-corrected chi connectivity index (χ2v) is 7.97. The number of aryl methyl sites for hydroxylation is 4. The second-order valence-electron chi connectivity index (χ2n) is 7.97. The van der Waals surface area contributed by atoms with Crippen LogP contribution >= 0.6 is 0 Å². The molecule has 0 N–H and O–H groups in total. The van der Waals surface area contributed by atoms with Gasteiger partial charge in [0.1, 0.15) is 0 Å². The molecular formula is C27H32. The first-order chi connectivity index (χ1) is 13.0. The molecule has 0 radical (unpaired) electrons. The Labute approximate surface area is 165 Å². The van der Waals surface area contributed by atoms with E-state index in [-0.39, 0.29) is 5.41 Å². The molecule has 0 saturated carbocycles. The maximum atomic E-state index is 2.43. The lowest BCUT2D eigenvalue weighted by Crippen LogP contribution is -2.30. The predicted octanol–water partition coefficient (Wildman–Crippen LogP) is 7.11. The fourth-order valence-electron chi connectivity index (χ4n) is 4.49. The van der Waals surface area contributed by atoms with Gasteiger partial charge in [-0.25, -0.2) is 0 Å². The Balaban J connectivity index is 2.22. The van der Waals surface area contributed by atoms with E-state index in [4.69, 9.17) is 0 Å². The van der Waals surface area contributed by atoms with E-state index in [1.165, 1.54) is 38.9 Å². The van der Waals surface area contributed by atoms with Crippen molar-refractivity contribution in [3.05, 3.63) is 106 Å². The van der Waals surface area contributed by atoms with Gasteiger partial charge in [0.05, 0.1) is 0 Å². The van der Waals surface area contributed by atoms with Crippen LogP contribution in [0.1, 0.15) is 59.2 Å². The van der Waals surface area contributed by atoms with E-state index in [0.717, 1.165) is 19.3 Å². The molecule has 0 saturated heterocycles. The van der Waals surface area contributed by atoms with Gasteiger partial charge in [0, 0.05) is 5.41 Å². The molecule has 27 heavy (non-hydrogen) atoms. The molecule has 0 amide bonds. The summed E-state index contributed by atoms with van der Waals surface area (Å²) in [5, 5.41) is 0. The van der Waals surface area contributed by atoms with Crippen molar-refractivity contribution in [3.8, 4) is 0 Å². The Morgan fingerprint density at radius 1 is 0.704 bits per heavy atom. The molecule has 3 rings (SSSR count). The van der Waals surface area contributed by atoms with E-state index >= 15 is 0 Å². The van der Waals surface area contributed by atoms with Crippen molar-refractivity contribution >= 4 is 0 Å². The summed E-state index contributed by atoms with van der Waals surface area (Å²) < 4.78 is 0. The maximum Gasteiger partial charge on any atom is 0.0240 e. The monoisotopic (exact) mass is 356 g/mol. The van der Waals surface area contributed by atoms with E-state index < -0.39 is 0 Å². The largest absolute Gasteiger partial charge is 0.0642 e. The summed E-state index contributed by atoms with van der Waals surface area (Å²) in [4.78, 5) is 0. The van der Waals surface area contributed by atoms with Crippen molar-refractivity contribution in [2.75, 3.05) is 0 Å². The number of hydrogen-bond acceptors (Lipinski definition) is 0. The molecular weight excluding hydrogens is 324 g/mol. The van der Waals surface area contributed by atoms with E-state index in [1.54, 1.807) is 0 Å². The summed E-state index contributed by atoms with van der Waals surface area (Å²) in [6.45, 7) is 11.3. The minimum absolute atomic E-state index is 0.00480. The van der Waals surface area contributed by atoms with Crippen LogP contribution in [0, 0.1) is 20.8 Å². The van der Waals surface area contributed by atoms with Gasteiger partial charge in [-0.2, -0.15) is 0 Å². The zero-order valence-electron chi connectivity index (χ0n) is 17.5. The van der Waals surface area contributed by atoms with Crippen molar-refractivity contribution in [1.29, 1.82) is 0 Å². The molecule has 0 aromatic heterocycles. The lowest BCUT2D eigenvalue weighted by molar-refractivity contribution is 0.491. The van der Waals surface area contributed by atoms with E-state index in [1.807, 2.05) is 0 Å². The second kappa shape index (κ2) is 8.13. The highest BCUT2D eigenvalue weighted by Gasteiger charge is 2.33. The van der Waals surface area contributed by atoms with Crippen LogP contribution in [0.2, 0.25) is 0 Å². The van der Waals surface area contributed by atoms with Crippen LogP contribution in [0.4, 0.5) is 0 Å². The van der Waals surface area contributed by atoms with Crippen LogP contribution in [-0.2, 0) is 18.3 Å². The highest BCUT2D eigenvalue weighted by atomic mass is 14.4. The van der Waals surface area contributed by atoms with Crippen molar-refractivity contribution in [2.45, 2.75) is 59.3 Å². The van der Waals surface area contributed by atoms with Gasteiger partial charge >= 0.3 is 0 Å². The van der Waals surface area contributed by atoms with Gasteiger partial charge in [-0.15, -0.1) is 0 Å². The molecule has 0 aliphatic heterocycles. The number of benzene rings is 3. The van der Waals surface area contributed by atoms with Crippen LogP contribution in [0.3, 0.4) is 0 Å². The maximum absolute atomic E-state index is 2.43. The van der Waals surface area contributed by atoms with Gasteiger partial charge in [-0.1, -0.05) is 91.7 Å². The molecule has 0 spiro atoms. The van der Waals surface area contributed by atoms with Crippen LogP contribution in [-0.4, -0.2) is 0 Å². The molecule has 0 bridgehead atoms. The average Bonchev–Trinajstić information content (AvgIpc) is 2.66. The van der Waals surface area contributed by atoms with Gasteiger partial charge in [-0.05, 0) is 67.9 Å². The minimum Gasteiger partial charge on any atom is -0.0642 e. The van der Waals surface area contributed by atoms with Crippen LogP contribution in [0.25, 0.3) is 0 Å². The zero-order valence-corrected chi connectivity index (χ0v) is 17.5. The van der Waals surface area contributed by atoms with Gasteiger partial charge in [0.2, 0.25) is 0 Å². The zero-order chi connectivity index (χ0) is 19.4. The molecule has 0 aliphatic carbocycles. The van der Waals surface area contributed by atoms with Crippen LogP contribution < -0.4 is 0 Å². The quantitative estimate of drug-likeness (QED) is 0.441. The van der Waals surface area contributed by atoms with Crippen molar-refractivity contribution in [2.24, 2.45) is 0 Å². The van der Waals surface area contributed by atoms with Gasteiger partial charge in [-0.3, -0.25) is 0 Å². The molecule has 3 aromatic carbocycles. The topological polar surface area (TPSA) is 0 Å². The standard InChI is InChI=1S/C27H32/c1-6-24-13-14-25(18-22(24)5)27(7-2,19-23-11-9-8-10-12-23)26-16-20(3)15-21(4)17-26/h8-18H,6-7,19H2,1-5H3. The summed E-state index contributed by atoms with van der Waals surface area (Å²) in [5.74, 6) is 0. The lowest BCUT2D eigenvalue weighted by atomic mass is 9.67. The third-order valence-corrected chi connectivity index (χ3v) is 6.00. The molecule has 140 valence electrons. The number of hydrogen-bond donors (Lipinski definition) is 0. The molecule has 1 unspecified atom stereocenters.